The summed E-state index contributed by atoms with van der Waals surface area (Å²) in [5.41, 5.74) is 6.21. The highest BCUT2D eigenvalue weighted by atomic mass is 79.9. The largest absolute Gasteiger partial charge is 0.326 e. The van der Waals surface area contributed by atoms with E-state index < -0.39 is 0 Å². The van der Waals surface area contributed by atoms with Gasteiger partial charge in [-0.3, -0.25) is 0 Å². The molecule has 0 fully saturated rings. The molecule has 0 aromatic carbocycles. The Kier molecular flexibility index (Phi) is 7.04. The Morgan fingerprint density at radius 2 is 2.19 bits per heavy atom. The molecule has 2 unspecified atom stereocenters. The van der Waals surface area contributed by atoms with Crippen molar-refractivity contribution in [2.75, 3.05) is 5.75 Å². The van der Waals surface area contributed by atoms with E-state index in [9.17, 15) is 0 Å². The van der Waals surface area contributed by atoms with Crippen molar-refractivity contribution < 1.29 is 0 Å². The van der Waals surface area contributed by atoms with Crippen LogP contribution in [0.25, 0.3) is 0 Å². The molecule has 16 heavy (non-hydrogen) atoms. The van der Waals surface area contributed by atoms with Gasteiger partial charge in [0.15, 0.2) is 0 Å². The van der Waals surface area contributed by atoms with Crippen LogP contribution >= 0.6 is 39.0 Å². The van der Waals surface area contributed by atoms with Crippen LogP contribution in [0.1, 0.15) is 43.2 Å². The van der Waals surface area contributed by atoms with E-state index in [1.54, 1.807) is 0 Å². The van der Waals surface area contributed by atoms with E-state index in [2.05, 4.69) is 41.9 Å². The van der Waals surface area contributed by atoms with Gasteiger partial charge in [0.25, 0.3) is 0 Å². The summed E-state index contributed by atoms with van der Waals surface area (Å²) >= 11 is 7.35. The van der Waals surface area contributed by atoms with E-state index in [1.807, 2.05) is 23.1 Å². The van der Waals surface area contributed by atoms with Crippen LogP contribution in [0.15, 0.2) is 15.9 Å². The summed E-state index contributed by atoms with van der Waals surface area (Å²) in [6.07, 6.45) is 3.58. The quantitative estimate of drug-likeness (QED) is 0.728. The Bertz CT molecular complexity index is 301. The summed E-state index contributed by atoms with van der Waals surface area (Å²) in [7, 11) is 0. The van der Waals surface area contributed by atoms with Crippen LogP contribution in [0, 0.1) is 0 Å². The molecule has 1 heterocycles. The van der Waals surface area contributed by atoms with Crippen molar-refractivity contribution >= 4 is 39.0 Å². The average Bonchev–Trinajstić information content (AvgIpc) is 2.70. The second-order valence-electron chi connectivity index (χ2n) is 3.86. The van der Waals surface area contributed by atoms with Gasteiger partial charge < -0.3 is 5.73 Å². The minimum Gasteiger partial charge on any atom is -0.326 e. The number of halogens is 1. The third-order valence-electron chi connectivity index (χ3n) is 2.53. The number of hydrogen-bond acceptors (Lipinski definition) is 3. The molecule has 4 heteroatoms. The van der Waals surface area contributed by atoms with Crippen molar-refractivity contribution in [3.8, 4) is 0 Å². The first-order valence-corrected chi connectivity index (χ1v) is 8.47. The molecule has 1 aromatic rings. The maximum absolute atomic E-state index is 6.21. The van der Waals surface area contributed by atoms with Crippen molar-refractivity contribution in [1.82, 2.24) is 0 Å². The zero-order valence-corrected chi connectivity index (χ0v) is 13.1. The molecule has 2 atom stereocenters. The van der Waals surface area contributed by atoms with Gasteiger partial charge in [-0.2, -0.15) is 11.8 Å². The first kappa shape index (κ1) is 14.6. The lowest BCUT2D eigenvalue weighted by atomic mass is 10.1. The lowest BCUT2D eigenvalue weighted by Gasteiger charge is -2.21. The van der Waals surface area contributed by atoms with E-state index in [0.717, 1.165) is 6.42 Å². The van der Waals surface area contributed by atoms with Gasteiger partial charge in [0, 0.05) is 10.9 Å². The summed E-state index contributed by atoms with van der Waals surface area (Å²) in [5.74, 6) is 1.21. The van der Waals surface area contributed by atoms with E-state index in [4.69, 9.17) is 5.73 Å². The molecule has 0 aliphatic rings. The van der Waals surface area contributed by atoms with Gasteiger partial charge in [0.05, 0.1) is 9.04 Å². The molecule has 0 radical (unpaired) electrons. The second-order valence-corrected chi connectivity index (χ2v) is 7.60. The van der Waals surface area contributed by atoms with Crippen LogP contribution < -0.4 is 5.73 Å². The SMILES string of the molecule is CCCCSC(c1ccc(Br)s1)C(N)CC. The standard InChI is InChI=1S/C12H20BrNS2/c1-3-5-8-15-12(9(14)4-2)10-6-7-11(13)16-10/h6-7,9,12H,3-5,8,14H2,1-2H3. The number of thioether (sulfide) groups is 1. The van der Waals surface area contributed by atoms with E-state index in [0.29, 0.717) is 5.25 Å². The molecular formula is C12H20BrNS2. The maximum atomic E-state index is 6.21. The molecule has 0 amide bonds. The van der Waals surface area contributed by atoms with Gasteiger partial charge in [0.1, 0.15) is 0 Å². The maximum Gasteiger partial charge on any atom is 0.0701 e. The third-order valence-corrected chi connectivity index (χ3v) is 5.87. The fourth-order valence-electron chi connectivity index (χ4n) is 1.47. The predicted molar refractivity (Wildman–Crippen MR) is 80.4 cm³/mol. The van der Waals surface area contributed by atoms with Crippen molar-refractivity contribution in [3.63, 3.8) is 0 Å². The second kappa shape index (κ2) is 7.75. The topological polar surface area (TPSA) is 26.0 Å². The van der Waals surface area contributed by atoms with Gasteiger partial charge in [0.2, 0.25) is 0 Å². The molecule has 0 saturated carbocycles. The number of hydrogen-bond donors (Lipinski definition) is 1. The van der Waals surface area contributed by atoms with Crippen LogP contribution in [0.3, 0.4) is 0 Å². The fraction of sp³-hybridized carbons (Fsp3) is 0.667. The molecule has 0 aliphatic heterocycles. The number of thiophene rings is 1. The van der Waals surface area contributed by atoms with E-state index >= 15 is 0 Å². The lowest BCUT2D eigenvalue weighted by Crippen LogP contribution is -2.25. The van der Waals surface area contributed by atoms with Gasteiger partial charge >= 0.3 is 0 Å². The molecule has 0 saturated heterocycles. The highest BCUT2D eigenvalue weighted by Crippen LogP contribution is 2.38. The molecule has 0 spiro atoms. The van der Waals surface area contributed by atoms with Crippen LogP contribution in [-0.2, 0) is 0 Å². The Hall–Kier alpha value is 0.490. The van der Waals surface area contributed by atoms with Gasteiger partial charge in [-0.1, -0.05) is 20.3 Å². The van der Waals surface area contributed by atoms with Gasteiger partial charge in [-0.15, -0.1) is 11.3 Å². The molecule has 0 bridgehead atoms. The molecular weight excluding hydrogens is 302 g/mol. The summed E-state index contributed by atoms with van der Waals surface area (Å²) in [4.78, 5) is 1.40. The van der Waals surface area contributed by atoms with Crippen LogP contribution in [0.2, 0.25) is 0 Å². The summed E-state index contributed by atoms with van der Waals surface area (Å²) in [6.45, 7) is 4.40. The van der Waals surface area contributed by atoms with Crippen molar-refractivity contribution in [1.29, 1.82) is 0 Å². The Morgan fingerprint density at radius 1 is 1.44 bits per heavy atom. The molecule has 1 nitrogen and oxygen atoms in total. The smallest absolute Gasteiger partial charge is 0.0701 e. The predicted octanol–water partition coefficient (Wildman–Crippen LogP) is 4.82. The first-order chi connectivity index (χ1) is 7.69. The van der Waals surface area contributed by atoms with Crippen LogP contribution in [0.5, 0.6) is 0 Å². The summed E-state index contributed by atoms with van der Waals surface area (Å²) in [5, 5.41) is 0.466. The first-order valence-electron chi connectivity index (χ1n) is 5.81. The van der Waals surface area contributed by atoms with Gasteiger partial charge in [-0.25, -0.2) is 0 Å². The van der Waals surface area contributed by atoms with Crippen molar-refractivity contribution in [2.24, 2.45) is 5.73 Å². The molecule has 0 aliphatic carbocycles. The Balaban J connectivity index is 2.63. The zero-order chi connectivity index (χ0) is 12.0. The molecule has 1 aromatic heterocycles. The Labute approximate surface area is 115 Å². The fourth-order valence-corrected chi connectivity index (χ4v) is 4.69. The highest BCUT2D eigenvalue weighted by Gasteiger charge is 2.20. The normalized spacial score (nSPS) is 15.0. The monoisotopic (exact) mass is 321 g/mol. The van der Waals surface area contributed by atoms with Crippen LogP contribution in [-0.4, -0.2) is 11.8 Å². The minimum atomic E-state index is 0.271. The highest BCUT2D eigenvalue weighted by molar-refractivity contribution is 9.11. The third kappa shape index (κ3) is 4.40. The Morgan fingerprint density at radius 3 is 2.69 bits per heavy atom. The van der Waals surface area contributed by atoms with Crippen molar-refractivity contribution in [3.05, 3.63) is 20.8 Å². The van der Waals surface area contributed by atoms with E-state index in [-0.39, 0.29) is 6.04 Å². The summed E-state index contributed by atoms with van der Waals surface area (Å²) in [6, 6.07) is 4.59. The number of unbranched alkanes of at least 4 members (excludes halogenated alkanes) is 1. The molecule has 2 N–H and O–H groups in total. The minimum absolute atomic E-state index is 0.271. The molecule has 1 rings (SSSR count). The van der Waals surface area contributed by atoms with Crippen molar-refractivity contribution in [2.45, 2.75) is 44.4 Å². The van der Waals surface area contributed by atoms with Crippen LogP contribution in [0.4, 0.5) is 0 Å². The number of nitrogens with two attached hydrogens (primary N) is 1. The zero-order valence-electron chi connectivity index (χ0n) is 9.91. The molecule has 92 valence electrons. The number of rotatable bonds is 7. The van der Waals surface area contributed by atoms with Gasteiger partial charge in [-0.05, 0) is 46.7 Å². The summed E-state index contributed by atoms with van der Waals surface area (Å²) < 4.78 is 1.20. The van der Waals surface area contributed by atoms with E-state index in [1.165, 1.54) is 27.3 Å². The lowest BCUT2D eigenvalue weighted by molar-refractivity contribution is 0.639. The average molecular weight is 322 g/mol.